The number of benzene rings is 1. The molecule has 0 bridgehead atoms. The first-order valence-corrected chi connectivity index (χ1v) is 6.71. The number of aromatic hydroxyl groups is 1. The summed E-state index contributed by atoms with van der Waals surface area (Å²) in [4.78, 5) is 11.9. The maximum atomic E-state index is 11.9. The molecule has 6 nitrogen and oxygen atoms in total. The van der Waals surface area contributed by atoms with E-state index >= 15 is 0 Å². The molecule has 0 saturated heterocycles. The number of carbonyl (C=O) groups excluding carboxylic acids is 1. The van der Waals surface area contributed by atoms with Crippen molar-refractivity contribution < 1.29 is 14.6 Å². The number of aryl methyl sites for hydroxylation is 2. The standard InChI is InChI=1S/C15H17N3O3/c1-8-14-10(7-13(20)16-15(14)18(2)17-8)9-4-5-12(21-3)11(19)6-9/h4-6,10,19H,7H2,1-3H3,(H,16,20)/t10-/m1/s1. The number of ether oxygens (including phenoxy) is 1. The zero-order valence-corrected chi connectivity index (χ0v) is 12.2. The summed E-state index contributed by atoms with van der Waals surface area (Å²) in [5.74, 6) is 1.06. The average Bonchev–Trinajstić information content (AvgIpc) is 2.73. The Hall–Kier alpha value is -2.50. The quantitative estimate of drug-likeness (QED) is 0.884. The predicted octanol–water partition coefficient (Wildman–Crippen LogP) is 1.92. The Bertz CT molecular complexity index is 721. The third-order valence-corrected chi connectivity index (χ3v) is 3.87. The van der Waals surface area contributed by atoms with Gasteiger partial charge in [0.25, 0.3) is 0 Å². The number of aromatic nitrogens is 2. The normalized spacial score (nSPS) is 17.3. The number of hydrogen-bond acceptors (Lipinski definition) is 4. The van der Waals surface area contributed by atoms with Gasteiger partial charge in [-0.05, 0) is 24.6 Å². The minimum atomic E-state index is -0.112. The van der Waals surface area contributed by atoms with Gasteiger partial charge in [-0.25, -0.2) is 0 Å². The molecule has 0 unspecified atom stereocenters. The Kier molecular flexibility index (Phi) is 3.08. The molecule has 1 atom stereocenters. The van der Waals surface area contributed by atoms with Crippen LogP contribution in [0.2, 0.25) is 0 Å². The third-order valence-electron chi connectivity index (χ3n) is 3.87. The van der Waals surface area contributed by atoms with Crippen molar-refractivity contribution in [2.45, 2.75) is 19.3 Å². The van der Waals surface area contributed by atoms with Crippen molar-refractivity contribution in [3.63, 3.8) is 0 Å². The summed E-state index contributed by atoms with van der Waals surface area (Å²) in [7, 11) is 3.31. The number of rotatable bonds is 2. The van der Waals surface area contributed by atoms with Crippen LogP contribution in [0.3, 0.4) is 0 Å². The van der Waals surface area contributed by atoms with Crippen LogP contribution in [-0.4, -0.2) is 27.9 Å². The smallest absolute Gasteiger partial charge is 0.226 e. The van der Waals surface area contributed by atoms with Gasteiger partial charge in [-0.3, -0.25) is 9.48 Å². The van der Waals surface area contributed by atoms with Crippen LogP contribution < -0.4 is 10.1 Å². The molecule has 2 aromatic rings. The van der Waals surface area contributed by atoms with Gasteiger partial charge in [0.15, 0.2) is 11.5 Å². The number of carbonyl (C=O) groups is 1. The number of methoxy groups -OCH3 is 1. The van der Waals surface area contributed by atoms with E-state index in [4.69, 9.17) is 4.74 Å². The van der Waals surface area contributed by atoms with E-state index in [9.17, 15) is 9.90 Å². The van der Waals surface area contributed by atoms with E-state index in [0.717, 1.165) is 22.6 Å². The van der Waals surface area contributed by atoms with Crippen LogP contribution in [-0.2, 0) is 11.8 Å². The van der Waals surface area contributed by atoms with E-state index in [-0.39, 0.29) is 17.6 Å². The number of phenols is 1. The topological polar surface area (TPSA) is 76.4 Å². The second-order valence-electron chi connectivity index (χ2n) is 5.21. The zero-order valence-electron chi connectivity index (χ0n) is 12.2. The Labute approximate surface area is 122 Å². The van der Waals surface area contributed by atoms with Crippen LogP contribution in [0.5, 0.6) is 11.5 Å². The summed E-state index contributed by atoms with van der Waals surface area (Å²) >= 11 is 0. The lowest BCUT2D eigenvalue weighted by Gasteiger charge is -2.24. The number of hydrogen-bond donors (Lipinski definition) is 2. The summed E-state index contributed by atoms with van der Waals surface area (Å²) in [6.07, 6.45) is 0.339. The lowest BCUT2D eigenvalue weighted by atomic mass is 9.85. The SMILES string of the molecule is COc1ccc([C@H]2CC(=O)Nc3c2c(C)nn3C)cc1O. The third kappa shape index (κ3) is 2.12. The lowest BCUT2D eigenvalue weighted by Crippen LogP contribution is -2.24. The second kappa shape index (κ2) is 4.80. The molecular weight excluding hydrogens is 270 g/mol. The van der Waals surface area contributed by atoms with Gasteiger partial charge in [0.05, 0.1) is 12.8 Å². The van der Waals surface area contributed by atoms with Gasteiger partial charge in [0, 0.05) is 24.9 Å². The van der Waals surface area contributed by atoms with Crippen molar-refractivity contribution in [2.24, 2.45) is 7.05 Å². The Morgan fingerprint density at radius 1 is 1.48 bits per heavy atom. The van der Waals surface area contributed by atoms with Crippen molar-refractivity contribution in [3.05, 3.63) is 35.0 Å². The fourth-order valence-electron chi connectivity index (χ4n) is 2.92. The van der Waals surface area contributed by atoms with Crippen molar-refractivity contribution in [2.75, 3.05) is 12.4 Å². The van der Waals surface area contributed by atoms with E-state index in [1.54, 1.807) is 23.9 Å². The Balaban J connectivity index is 2.11. The van der Waals surface area contributed by atoms with Gasteiger partial charge in [0.1, 0.15) is 5.82 Å². The van der Waals surface area contributed by atoms with E-state index in [1.165, 1.54) is 7.11 Å². The lowest BCUT2D eigenvalue weighted by molar-refractivity contribution is -0.116. The first-order valence-electron chi connectivity index (χ1n) is 6.71. The number of nitrogens with one attached hydrogen (secondary N) is 1. The van der Waals surface area contributed by atoms with Crippen LogP contribution in [0.1, 0.15) is 29.2 Å². The molecule has 2 N–H and O–H groups in total. The van der Waals surface area contributed by atoms with Crippen molar-refractivity contribution in [3.8, 4) is 11.5 Å². The highest BCUT2D eigenvalue weighted by atomic mass is 16.5. The Morgan fingerprint density at radius 2 is 2.24 bits per heavy atom. The molecule has 1 amide bonds. The molecule has 6 heteroatoms. The summed E-state index contributed by atoms with van der Waals surface area (Å²) in [6, 6.07) is 5.24. The average molecular weight is 287 g/mol. The van der Waals surface area contributed by atoms with Crippen molar-refractivity contribution >= 4 is 11.7 Å². The number of amides is 1. The molecule has 1 aliphatic heterocycles. The first-order chi connectivity index (χ1) is 10.0. The van der Waals surface area contributed by atoms with Gasteiger partial charge < -0.3 is 15.2 Å². The van der Waals surface area contributed by atoms with Crippen LogP contribution in [0.15, 0.2) is 18.2 Å². The van der Waals surface area contributed by atoms with E-state index in [0.29, 0.717) is 12.2 Å². The number of anilines is 1. The minimum Gasteiger partial charge on any atom is -0.504 e. The fourth-order valence-corrected chi connectivity index (χ4v) is 2.92. The molecule has 0 fully saturated rings. The van der Waals surface area contributed by atoms with Gasteiger partial charge >= 0.3 is 0 Å². The van der Waals surface area contributed by atoms with E-state index in [1.807, 2.05) is 13.0 Å². The van der Waals surface area contributed by atoms with Gasteiger partial charge in [-0.1, -0.05) is 6.07 Å². The van der Waals surface area contributed by atoms with Gasteiger partial charge in [0.2, 0.25) is 5.91 Å². The van der Waals surface area contributed by atoms with E-state index < -0.39 is 0 Å². The zero-order chi connectivity index (χ0) is 15.1. The summed E-state index contributed by atoms with van der Waals surface area (Å²) in [5, 5.41) is 17.2. The minimum absolute atomic E-state index is 0.0502. The van der Waals surface area contributed by atoms with Gasteiger partial charge in [-0.2, -0.15) is 5.10 Å². The molecular formula is C15H17N3O3. The molecule has 1 aromatic carbocycles. The van der Waals surface area contributed by atoms with Crippen molar-refractivity contribution in [1.29, 1.82) is 0 Å². The molecule has 1 aliphatic rings. The Morgan fingerprint density at radius 3 is 2.90 bits per heavy atom. The number of phenolic OH excluding ortho intramolecular Hbond substituents is 1. The summed E-state index contributed by atoms with van der Waals surface area (Å²) in [6.45, 7) is 1.92. The van der Waals surface area contributed by atoms with Crippen LogP contribution in [0, 0.1) is 6.92 Å². The molecule has 0 aliphatic carbocycles. The largest absolute Gasteiger partial charge is 0.504 e. The van der Waals surface area contributed by atoms with Crippen LogP contribution >= 0.6 is 0 Å². The summed E-state index contributed by atoms with van der Waals surface area (Å²) in [5.41, 5.74) is 2.76. The molecule has 1 aromatic heterocycles. The van der Waals surface area contributed by atoms with Gasteiger partial charge in [-0.15, -0.1) is 0 Å². The van der Waals surface area contributed by atoms with Crippen molar-refractivity contribution in [1.82, 2.24) is 9.78 Å². The number of fused-ring (bicyclic) bond motifs is 1. The highest BCUT2D eigenvalue weighted by Crippen LogP contribution is 2.40. The monoisotopic (exact) mass is 287 g/mol. The number of nitrogens with zero attached hydrogens (tertiary/aromatic N) is 2. The molecule has 3 rings (SSSR count). The van der Waals surface area contributed by atoms with E-state index in [2.05, 4.69) is 10.4 Å². The molecule has 110 valence electrons. The highest BCUT2D eigenvalue weighted by Gasteiger charge is 2.31. The second-order valence-corrected chi connectivity index (χ2v) is 5.21. The predicted molar refractivity (Wildman–Crippen MR) is 77.7 cm³/mol. The molecule has 0 saturated carbocycles. The maximum Gasteiger partial charge on any atom is 0.226 e. The molecule has 0 radical (unpaired) electrons. The highest BCUT2D eigenvalue weighted by molar-refractivity contribution is 5.94. The summed E-state index contributed by atoms with van der Waals surface area (Å²) < 4.78 is 6.74. The molecule has 2 heterocycles. The fraction of sp³-hybridized carbons (Fsp3) is 0.333. The van der Waals surface area contributed by atoms with Crippen LogP contribution in [0.4, 0.5) is 5.82 Å². The molecule has 0 spiro atoms. The molecule has 21 heavy (non-hydrogen) atoms. The first kappa shape index (κ1) is 13.5. The maximum absolute atomic E-state index is 11.9. The van der Waals surface area contributed by atoms with Crippen LogP contribution in [0.25, 0.3) is 0 Å².